The van der Waals surface area contributed by atoms with Crippen LogP contribution in [-0.2, 0) is 37.3 Å². The van der Waals surface area contributed by atoms with Gasteiger partial charge in [-0.05, 0) is 157 Å². The van der Waals surface area contributed by atoms with E-state index in [0.717, 1.165) is 125 Å². The first kappa shape index (κ1) is 55.2. The summed E-state index contributed by atoms with van der Waals surface area (Å²) in [4.78, 5) is 61.3. The Bertz CT molecular complexity index is 3510. The lowest BCUT2D eigenvalue weighted by Crippen LogP contribution is -2.48. The van der Waals surface area contributed by atoms with Gasteiger partial charge in [-0.15, -0.1) is 13.2 Å². The minimum absolute atomic E-state index is 0.0278. The maximum absolute atomic E-state index is 17.5. The standard InChI is InChI=1S/C60H67F5N10O8/c1-71-46-28-37(5-7-41(46)52(70-71)42-8-11-47(77)67-57(42)79)73-23-15-35(16-24-73)26-34-13-21-72(22-14-34)30-48(78)81-32-39-12-18-59(17-2-20-75(39)59)33-82-58-68-54-50-45(10-6-38-31-80-25-3-19-74(38)56(50)69-58)66-53(51(54)62)43-29-40(76)27-36-4-9-44(61)55(49(36)43)83-60(63,64)65/h4-5,7,9,27-29,34-35,38-39,42,76H,2-3,6,8,10-26,30-33H2,1H3,(H,67,77,79)/t38-,39-,42?,59-/m0/s1. The fraction of sp³-hybridized carbons (Fsp3) is 0.550. The number of ether oxygens (including phenoxy) is 4. The molecule has 0 radical (unpaired) electrons. The van der Waals surface area contributed by atoms with E-state index in [1.807, 2.05) is 11.7 Å². The third-order valence-corrected chi connectivity index (χ3v) is 18.8. The van der Waals surface area contributed by atoms with Crippen LogP contribution >= 0.6 is 0 Å². The Morgan fingerprint density at radius 1 is 0.880 bits per heavy atom. The van der Waals surface area contributed by atoms with Crippen LogP contribution in [0.4, 0.5) is 33.5 Å². The van der Waals surface area contributed by atoms with Crippen molar-refractivity contribution in [3.8, 4) is 28.8 Å². The molecule has 0 spiro atoms. The number of likely N-dealkylation sites (tertiary alicyclic amines) is 1. The molecular formula is C60H67F5N10O8. The molecule has 3 aromatic heterocycles. The number of nitrogens with zero attached hydrogens (tertiary/aromatic N) is 9. The predicted molar refractivity (Wildman–Crippen MR) is 296 cm³/mol. The first-order chi connectivity index (χ1) is 40.0. The van der Waals surface area contributed by atoms with Crippen LogP contribution in [0.3, 0.4) is 0 Å². The normalized spacial score (nSPS) is 24.0. The number of hydrogen-bond donors (Lipinski definition) is 2. The smallest absolute Gasteiger partial charge is 0.508 e. The number of carbonyl (C=O) groups is 3. The number of benzene rings is 3. The Kier molecular flexibility index (Phi) is 14.8. The van der Waals surface area contributed by atoms with E-state index in [9.17, 15) is 32.7 Å². The molecule has 1 unspecified atom stereocenters. The summed E-state index contributed by atoms with van der Waals surface area (Å²) in [6.45, 7) is 6.50. The van der Waals surface area contributed by atoms with E-state index in [0.29, 0.717) is 80.6 Å². The average molecular weight is 1150 g/mol. The van der Waals surface area contributed by atoms with Gasteiger partial charge in [-0.25, -0.2) is 13.8 Å². The number of esters is 1. The molecule has 0 bridgehead atoms. The number of amides is 2. The maximum Gasteiger partial charge on any atom is 0.573 e. The summed E-state index contributed by atoms with van der Waals surface area (Å²) in [7, 11) is 1.90. The minimum atomic E-state index is -5.29. The lowest BCUT2D eigenvalue weighted by molar-refractivity contribution is -0.275. The lowest BCUT2D eigenvalue weighted by Gasteiger charge is -2.37. The van der Waals surface area contributed by atoms with Crippen molar-refractivity contribution in [3.63, 3.8) is 0 Å². The molecule has 0 aliphatic carbocycles. The van der Waals surface area contributed by atoms with E-state index in [2.05, 4.69) is 52.8 Å². The van der Waals surface area contributed by atoms with Gasteiger partial charge in [0.2, 0.25) is 11.8 Å². The Morgan fingerprint density at radius 3 is 2.48 bits per heavy atom. The number of halogens is 5. The molecule has 83 heavy (non-hydrogen) atoms. The SMILES string of the molecule is Cn1nc(C2CCC(=O)NC2=O)c2ccc(N3CCC(CC4CCN(CC(=O)OC[C@@H]5CC[C@]6(COc7nc8c9c(nc(-c%10cc(O)cc%11ccc(F)c(OC(F)(F)F)c%10%11)c(F)c9n7)CC[C@H]7COCCCN87)CCCN56)CC4)CC3)cc21. The highest BCUT2D eigenvalue weighted by molar-refractivity contribution is 6.05. The molecule has 3 aromatic carbocycles. The fourth-order valence-corrected chi connectivity index (χ4v) is 14.6. The van der Waals surface area contributed by atoms with Gasteiger partial charge < -0.3 is 33.9 Å². The van der Waals surface area contributed by atoms with Crippen LogP contribution in [0, 0.1) is 23.5 Å². The molecule has 6 fully saturated rings. The largest absolute Gasteiger partial charge is 0.573 e. The van der Waals surface area contributed by atoms with Gasteiger partial charge in [0.25, 0.3) is 0 Å². The second-order valence-electron chi connectivity index (χ2n) is 23.9. The van der Waals surface area contributed by atoms with Crippen molar-refractivity contribution >= 4 is 61.9 Å². The number of nitrogens with one attached hydrogen (secondary N) is 1. The van der Waals surface area contributed by atoms with E-state index in [4.69, 9.17) is 29.3 Å². The molecule has 7 aliphatic rings. The van der Waals surface area contributed by atoms with E-state index in [1.54, 1.807) is 0 Å². The van der Waals surface area contributed by atoms with Crippen molar-refractivity contribution in [1.82, 2.24) is 39.8 Å². The van der Waals surface area contributed by atoms with Crippen molar-refractivity contribution in [2.75, 3.05) is 82.0 Å². The number of alkyl halides is 3. The predicted octanol–water partition coefficient (Wildman–Crippen LogP) is 8.61. The van der Waals surface area contributed by atoms with E-state index < -0.39 is 52.0 Å². The summed E-state index contributed by atoms with van der Waals surface area (Å²) in [6.07, 6.45) is 5.71. The van der Waals surface area contributed by atoms with Crippen LogP contribution in [0.15, 0.2) is 42.5 Å². The number of hydrogen-bond acceptors (Lipinski definition) is 16. The molecule has 440 valence electrons. The molecule has 7 aliphatic heterocycles. The number of aromatic nitrogens is 5. The number of imide groups is 1. The van der Waals surface area contributed by atoms with E-state index >= 15 is 8.78 Å². The lowest BCUT2D eigenvalue weighted by atomic mass is 9.82. The van der Waals surface area contributed by atoms with Gasteiger partial charge >= 0.3 is 18.3 Å². The van der Waals surface area contributed by atoms with Gasteiger partial charge in [0.15, 0.2) is 17.4 Å². The van der Waals surface area contributed by atoms with Gasteiger partial charge in [-0.1, -0.05) is 6.07 Å². The molecule has 18 nitrogen and oxygen atoms in total. The summed E-state index contributed by atoms with van der Waals surface area (Å²) in [6, 6.07) is 10.2. The average Bonchev–Trinajstić information content (AvgIpc) is 2.41. The van der Waals surface area contributed by atoms with Gasteiger partial charge in [0.05, 0.1) is 52.9 Å². The number of piperidine rings is 3. The third-order valence-electron chi connectivity index (χ3n) is 18.8. The second kappa shape index (κ2) is 22.2. The van der Waals surface area contributed by atoms with Crippen molar-refractivity contribution in [2.45, 2.75) is 120 Å². The van der Waals surface area contributed by atoms with E-state index in [1.165, 1.54) is 12.5 Å². The summed E-state index contributed by atoms with van der Waals surface area (Å²) in [5.41, 5.74) is 1.86. The van der Waals surface area contributed by atoms with Gasteiger partial charge in [0.1, 0.15) is 36.0 Å². The Balaban J connectivity index is 0.633. The number of pyridine rings is 1. The summed E-state index contributed by atoms with van der Waals surface area (Å²) >= 11 is 0. The number of fused-ring (bicyclic) bond motifs is 5. The topological polar surface area (TPSA) is 190 Å². The Hall–Kier alpha value is -6.98. The summed E-state index contributed by atoms with van der Waals surface area (Å²) in [5, 5.41) is 18.8. The number of aryl methyl sites for hydroxylation is 2. The van der Waals surface area contributed by atoms with Crippen LogP contribution in [0.5, 0.6) is 17.5 Å². The van der Waals surface area contributed by atoms with Crippen LogP contribution in [0.1, 0.15) is 101 Å². The molecule has 6 saturated heterocycles. The van der Waals surface area contributed by atoms with Crippen LogP contribution < -0.4 is 24.6 Å². The summed E-state index contributed by atoms with van der Waals surface area (Å²) in [5.74, 6) is -3.48. The minimum Gasteiger partial charge on any atom is -0.508 e. The zero-order chi connectivity index (χ0) is 57.3. The van der Waals surface area contributed by atoms with E-state index in [-0.39, 0.29) is 72.1 Å². The molecule has 6 aromatic rings. The first-order valence-corrected chi connectivity index (χ1v) is 29.3. The Morgan fingerprint density at radius 2 is 1.69 bits per heavy atom. The second-order valence-corrected chi connectivity index (χ2v) is 23.9. The van der Waals surface area contributed by atoms with Crippen molar-refractivity contribution in [1.29, 1.82) is 0 Å². The zero-order valence-electron chi connectivity index (χ0n) is 46.3. The quantitative estimate of drug-likeness (QED) is 0.0635. The van der Waals surface area contributed by atoms with Gasteiger partial charge in [-0.3, -0.25) is 34.2 Å². The highest BCUT2D eigenvalue weighted by atomic mass is 19.4. The fourth-order valence-electron chi connectivity index (χ4n) is 14.6. The monoisotopic (exact) mass is 1150 g/mol. The number of phenolic OH excluding ortho intramolecular Hbond substituents is 1. The number of anilines is 2. The molecule has 13 rings (SSSR count). The van der Waals surface area contributed by atoms with Crippen LogP contribution in [0.2, 0.25) is 0 Å². The molecule has 23 heteroatoms. The number of carbonyl (C=O) groups excluding carboxylic acids is 3. The maximum atomic E-state index is 17.5. The summed E-state index contributed by atoms with van der Waals surface area (Å²) < 4.78 is 98.7. The molecule has 4 atom stereocenters. The number of aromatic hydroxyl groups is 1. The van der Waals surface area contributed by atoms with Gasteiger partial charge in [-0.2, -0.15) is 15.1 Å². The zero-order valence-corrected chi connectivity index (χ0v) is 46.3. The van der Waals surface area contributed by atoms with Crippen molar-refractivity contribution in [2.24, 2.45) is 18.9 Å². The highest BCUT2D eigenvalue weighted by Gasteiger charge is 2.50. The molecule has 0 saturated carbocycles. The van der Waals surface area contributed by atoms with Gasteiger partial charge in [0, 0.05) is 67.8 Å². The Labute approximate surface area is 475 Å². The molecule has 10 heterocycles. The van der Waals surface area contributed by atoms with Crippen LogP contribution in [0.25, 0.3) is 43.8 Å². The number of phenols is 1. The first-order valence-electron chi connectivity index (χ1n) is 29.3. The van der Waals surface area contributed by atoms with Crippen molar-refractivity contribution in [3.05, 3.63) is 65.5 Å². The third kappa shape index (κ3) is 10.8. The van der Waals surface area contributed by atoms with Crippen LogP contribution in [-0.4, -0.2) is 154 Å². The number of rotatable bonds is 13. The highest BCUT2D eigenvalue weighted by Crippen LogP contribution is 2.47. The molecule has 2 N–H and O–H groups in total. The van der Waals surface area contributed by atoms with Crippen molar-refractivity contribution < 1.29 is 60.4 Å². The molecular weight excluding hydrogens is 1080 g/mol. The molecule has 2 amide bonds.